The van der Waals surface area contributed by atoms with Crippen molar-refractivity contribution in [2.75, 3.05) is 13.7 Å². The number of aldehydes is 1. The van der Waals surface area contributed by atoms with Gasteiger partial charge < -0.3 is 29.7 Å². The minimum absolute atomic E-state index is 0.0123. The first-order valence-electron chi connectivity index (χ1n) is 24.3. The number of methoxy groups -OCH3 is 1. The molecule has 0 saturated carbocycles. The molecule has 8 bridgehead atoms. The molecular weight excluding hydrogens is 813 g/mol. The highest BCUT2D eigenvalue weighted by Crippen LogP contribution is 2.46. The second-order valence-electron chi connectivity index (χ2n) is 19.6. The molecule has 0 amide bonds. The summed E-state index contributed by atoms with van der Waals surface area (Å²) in [6.45, 7) is 23.9. The van der Waals surface area contributed by atoms with Gasteiger partial charge in [-0.25, -0.2) is 4.79 Å². The number of H-pyrrole nitrogens is 3. The van der Waals surface area contributed by atoms with Crippen molar-refractivity contribution in [3.05, 3.63) is 96.4 Å². The summed E-state index contributed by atoms with van der Waals surface area (Å²) in [7, 11) is 1.29. The monoisotopic (exact) mass is 887 g/mol. The van der Waals surface area contributed by atoms with Crippen LogP contribution in [0.25, 0.3) is 29.9 Å². The Hall–Kier alpha value is -5.38. The van der Waals surface area contributed by atoms with Crippen LogP contribution in [-0.2, 0) is 25.5 Å². The fourth-order valence-corrected chi connectivity index (χ4v) is 10.5. The summed E-state index contributed by atoms with van der Waals surface area (Å²) in [6.07, 6.45) is 23.1. The largest absolute Gasteiger partial charge is 0.465 e. The van der Waals surface area contributed by atoms with Crippen molar-refractivity contribution in [2.24, 2.45) is 29.6 Å². The first-order chi connectivity index (χ1) is 31.1. The summed E-state index contributed by atoms with van der Waals surface area (Å²) in [5.41, 5.74) is 9.95. The molecule has 350 valence electrons. The molecule has 3 aromatic heterocycles. The lowest BCUT2D eigenvalue weighted by molar-refractivity contribution is -0.142. The zero-order valence-corrected chi connectivity index (χ0v) is 40.8. The molecule has 1 saturated heterocycles. The Bertz CT molecular complexity index is 2500. The van der Waals surface area contributed by atoms with Crippen LogP contribution in [0, 0.1) is 43.4 Å². The lowest BCUT2D eigenvalue weighted by Gasteiger charge is -2.23. The molecule has 0 spiro atoms. The number of Topliss-reactive ketones (excluding diaryl/α,β-unsaturated/α-hetero) is 1. The zero-order valence-electron chi connectivity index (χ0n) is 40.8. The van der Waals surface area contributed by atoms with Crippen LogP contribution >= 0.6 is 0 Å². The third-order valence-electron chi connectivity index (χ3n) is 14.5. The van der Waals surface area contributed by atoms with Crippen LogP contribution in [0.1, 0.15) is 185 Å². The molecule has 3 aliphatic rings. The summed E-state index contributed by atoms with van der Waals surface area (Å²) in [5, 5.41) is 5.14. The van der Waals surface area contributed by atoms with Gasteiger partial charge in [0.2, 0.25) is 5.78 Å². The van der Waals surface area contributed by atoms with Crippen LogP contribution in [-0.4, -0.2) is 58.7 Å². The van der Waals surface area contributed by atoms with Gasteiger partial charge in [0.05, 0.1) is 29.8 Å². The van der Waals surface area contributed by atoms with E-state index in [0.717, 1.165) is 70.1 Å². The Labute approximate surface area is 386 Å². The number of esters is 2. The Balaban J connectivity index is 1.22. The number of ketones is 1. The van der Waals surface area contributed by atoms with Crippen molar-refractivity contribution in [3.8, 4) is 0 Å². The number of hydrogen-bond acceptors (Lipinski definition) is 7. The average molecular weight is 887 g/mol. The topological polar surface area (TPSA) is 146 Å². The third-order valence-corrected chi connectivity index (χ3v) is 14.5. The molecule has 3 aromatic rings. The molecule has 10 heteroatoms. The van der Waals surface area contributed by atoms with Gasteiger partial charge in [-0.05, 0) is 111 Å². The first-order valence-corrected chi connectivity index (χ1v) is 24.3. The molecule has 10 nitrogen and oxygen atoms in total. The fraction of sp³-hybridized carbons (Fsp3) is 0.527. The van der Waals surface area contributed by atoms with E-state index in [9.17, 15) is 19.2 Å². The number of nitrogens with one attached hydrogen (secondary N) is 4. The Morgan fingerprint density at radius 1 is 0.846 bits per heavy atom. The minimum Gasteiger partial charge on any atom is -0.465 e. The Kier molecular flexibility index (Phi) is 16.4. The number of ether oxygens (including phenoxy) is 2. The van der Waals surface area contributed by atoms with Gasteiger partial charge in [0.15, 0.2) is 6.29 Å². The predicted octanol–water partition coefficient (Wildman–Crippen LogP) is 10.4. The smallest absolute Gasteiger partial charge is 0.342 e. The van der Waals surface area contributed by atoms with Crippen LogP contribution in [0.4, 0.5) is 0 Å². The molecule has 5 heterocycles. The Morgan fingerprint density at radius 3 is 2.15 bits per heavy atom. The predicted molar refractivity (Wildman–Crippen MR) is 263 cm³/mol. The van der Waals surface area contributed by atoms with Gasteiger partial charge in [0.25, 0.3) is 0 Å². The molecule has 5 atom stereocenters. The highest BCUT2D eigenvalue weighted by Gasteiger charge is 2.47. The molecule has 1 aliphatic carbocycles. The normalized spacial score (nSPS) is 18.8. The van der Waals surface area contributed by atoms with Gasteiger partial charge >= 0.3 is 11.9 Å². The van der Waals surface area contributed by atoms with Gasteiger partial charge in [0, 0.05) is 57.2 Å². The van der Waals surface area contributed by atoms with E-state index in [-0.39, 0.29) is 36.4 Å². The molecule has 1 fully saturated rings. The van der Waals surface area contributed by atoms with E-state index < -0.39 is 17.8 Å². The molecule has 0 aromatic carbocycles. The van der Waals surface area contributed by atoms with E-state index in [1.807, 2.05) is 45.1 Å². The first kappa shape index (κ1) is 49.1. The molecule has 1 unspecified atom stereocenters. The second kappa shape index (κ2) is 21.7. The van der Waals surface area contributed by atoms with Gasteiger partial charge in [-0.1, -0.05) is 105 Å². The van der Waals surface area contributed by atoms with Crippen molar-refractivity contribution in [3.63, 3.8) is 0 Å². The fourth-order valence-electron chi connectivity index (χ4n) is 10.5. The average Bonchev–Trinajstić information content (AvgIpc) is 4.02. The molecule has 65 heavy (non-hydrogen) atoms. The number of fused-ring (bicyclic) bond motifs is 8. The van der Waals surface area contributed by atoms with Gasteiger partial charge in [-0.2, -0.15) is 0 Å². The number of carbonyl (C=O) groups is 4. The molecule has 6 rings (SSSR count). The summed E-state index contributed by atoms with van der Waals surface area (Å²) in [5.74, 6) is 0.611. The van der Waals surface area contributed by atoms with Crippen LogP contribution in [0.2, 0.25) is 0 Å². The molecule has 0 radical (unpaired) electrons. The van der Waals surface area contributed by atoms with E-state index in [2.05, 4.69) is 74.5 Å². The maximum Gasteiger partial charge on any atom is 0.342 e. The quantitative estimate of drug-likeness (QED) is 0.0361. The summed E-state index contributed by atoms with van der Waals surface area (Å²) < 4.78 is 11.1. The van der Waals surface area contributed by atoms with Gasteiger partial charge in [-0.15, -0.1) is 0 Å². The van der Waals surface area contributed by atoms with E-state index in [1.54, 1.807) is 0 Å². The second-order valence-corrected chi connectivity index (χ2v) is 19.6. The number of aromatic amines is 3. The molecule has 4 N–H and O–H groups in total. The molecular formula is C55H74N4O6. The van der Waals surface area contributed by atoms with Crippen LogP contribution < -0.4 is 16.0 Å². The highest BCUT2D eigenvalue weighted by molar-refractivity contribution is 6.34. The van der Waals surface area contributed by atoms with Crippen LogP contribution in [0.5, 0.6) is 0 Å². The van der Waals surface area contributed by atoms with Crippen molar-refractivity contribution in [1.29, 1.82) is 0 Å². The summed E-state index contributed by atoms with van der Waals surface area (Å²) >= 11 is 0. The summed E-state index contributed by atoms with van der Waals surface area (Å²) in [6, 6.07) is -0.519. The highest BCUT2D eigenvalue weighted by atomic mass is 16.5. The lowest BCUT2D eigenvalue weighted by Crippen LogP contribution is -2.31. The van der Waals surface area contributed by atoms with E-state index in [1.165, 1.54) is 57.6 Å². The maximum atomic E-state index is 14.4. The molecule has 2 aliphatic heterocycles. The lowest BCUT2D eigenvalue weighted by atomic mass is 9.82. The third kappa shape index (κ3) is 10.8. The van der Waals surface area contributed by atoms with E-state index in [4.69, 9.17) is 9.47 Å². The van der Waals surface area contributed by atoms with E-state index >= 15 is 0 Å². The zero-order chi connectivity index (χ0) is 47.1. The standard InChI is InChI=1S/C55H74N4O6/c1-12-38-35(8)42-27-43-36(9)40(23-24-48(61)65-26-25-34(7)22-16-21-33(6)20-15-19-32(5)18-14-17-31(3)4)52(58-43)50-51(55(63)64-11)54(62)49-37(10)44(59-53(49)50)28-46-39(13-2)41(30-60)47(57-46)29-45(38)56-42/h12,25,27-33,36,40,52,56-59H,1,13-24,26H2,2-11H3/b34-25+,43-27?,46-28?,47-29?/t32-,33-,36+,40+,52?/m1/s1. The number of hydrogen-bond donors (Lipinski definition) is 4. The SMILES string of the molecule is C=Cc1c2[nH]c(c1C)C=C1NC(C3=C(C(=O)OC)C(=O)c4c3[nH]c(c4C)C=c3[nH]c(c(C=O)c3CC)=C2)[C@@H](CCC(=O)OC/C=C(\C)CCC[C@H](C)CCC[C@H](C)CCCC(C)C)[C@@H]1C. The van der Waals surface area contributed by atoms with Gasteiger partial charge in [0.1, 0.15) is 12.2 Å². The number of aromatic nitrogens is 3. The Morgan fingerprint density at radius 2 is 1.51 bits per heavy atom. The van der Waals surface area contributed by atoms with Gasteiger partial charge in [-0.3, -0.25) is 14.4 Å². The number of carbonyl (C=O) groups excluding carboxylic acids is 4. The number of allylic oxidation sites excluding steroid dienone is 2. The minimum atomic E-state index is -0.706. The van der Waals surface area contributed by atoms with Crippen molar-refractivity contribution < 1.29 is 28.7 Å². The van der Waals surface area contributed by atoms with Crippen LogP contribution in [0.15, 0.2) is 29.5 Å². The van der Waals surface area contributed by atoms with Crippen molar-refractivity contribution in [2.45, 2.75) is 145 Å². The number of rotatable bonds is 21. The van der Waals surface area contributed by atoms with Crippen molar-refractivity contribution in [1.82, 2.24) is 20.3 Å². The van der Waals surface area contributed by atoms with E-state index in [0.29, 0.717) is 57.8 Å². The van der Waals surface area contributed by atoms with Crippen LogP contribution in [0.3, 0.4) is 0 Å². The van der Waals surface area contributed by atoms with Crippen molar-refractivity contribution >= 4 is 53.9 Å². The maximum absolute atomic E-state index is 14.4. The summed E-state index contributed by atoms with van der Waals surface area (Å²) in [4.78, 5) is 64.6.